The van der Waals surface area contributed by atoms with Gasteiger partial charge >= 0.3 is 7.12 Å². The zero-order valence-corrected chi connectivity index (χ0v) is 15.5. The predicted octanol–water partition coefficient (Wildman–Crippen LogP) is 2.93. The van der Waals surface area contributed by atoms with Crippen LogP contribution in [0.15, 0.2) is 17.6 Å². The van der Waals surface area contributed by atoms with Crippen LogP contribution in [0.4, 0.5) is 8.78 Å². The standard InChI is InChI=1S/C18H22BF2NO4/c1-11(24)22-9-13(19-25-17(2,3)18(4,5)26-19)6-12-7-15(20)14(10-23)16(21)8-12/h6-8,10H,9H2,1-5H3,(H,22,24). The summed E-state index contributed by atoms with van der Waals surface area (Å²) in [4.78, 5) is 22.0. The third-order valence-corrected chi connectivity index (χ3v) is 4.67. The molecule has 1 saturated heterocycles. The number of nitrogens with one attached hydrogen (secondary N) is 1. The summed E-state index contributed by atoms with van der Waals surface area (Å²) in [5.74, 6) is -2.18. The van der Waals surface area contributed by atoms with E-state index < -0.39 is 35.5 Å². The molecule has 1 aromatic carbocycles. The predicted molar refractivity (Wildman–Crippen MR) is 94.5 cm³/mol. The van der Waals surface area contributed by atoms with Crippen LogP contribution < -0.4 is 5.32 Å². The second-order valence-corrected chi connectivity index (χ2v) is 7.23. The van der Waals surface area contributed by atoms with E-state index in [9.17, 15) is 18.4 Å². The van der Waals surface area contributed by atoms with E-state index in [0.717, 1.165) is 12.1 Å². The number of rotatable bonds is 5. The van der Waals surface area contributed by atoms with Gasteiger partial charge in [0.25, 0.3) is 0 Å². The van der Waals surface area contributed by atoms with Gasteiger partial charge in [-0.25, -0.2) is 8.78 Å². The SMILES string of the molecule is CC(=O)NCC(=Cc1cc(F)c(C=O)c(F)c1)B1OC(C)(C)C(C)(C)O1. The van der Waals surface area contributed by atoms with Crippen molar-refractivity contribution >= 4 is 25.4 Å². The van der Waals surface area contributed by atoms with Crippen molar-refractivity contribution in [3.63, 3.8) is 0 Å². The zero-order chi connectivity index (χ0) is 19.7. The molecule has 1 N–H and O–H groups in total. The molecule has 2 rings (SSSR count). The van der Waals surface area contributed by atoms with E-state index in [1.54, 1.807) is 0 Å². The first-order valence-electron chi connectivity index (χ1n) is 8.21. The minimum Gasteiger partial charge on any atom is -0.400 e. The Balaban J connectivity index is 2.41. The van der Waals surface area contributed by atoms with Crippen molar-refractivity contribution in [2.24, 2.45) is 0 Å². The molecule has 140 valence electrons. The molecular weight excluding hydrogens is 343 g/mol. The van der Waals surface area contributed by atoms with E-state index in [4.69, 9.17) is 9.31 Å². The number of benzene rings is 1. The van der Waals surface area contributed by atoms with Crippen LogP contribution in [0.25, 0.3) is 6.08 Å². The fraction of sp³-hybridized carbons (Fsp3) is 0.444. The molecule has 0 aliphatic carbocycles. The highest BCUT2D eigenvalue weighted by atomic mass is 19.1. The van der Waals surface area contributed by atoms with Crippen LogP contribution in [-0.2, 0) is 14.1 Å². The topological polar surface area (TPSA) is 64.6 Å². The van der Waals surface area contributed by atoms with E-state index in [0.29, 0.717) is 5.47 Å². The maximum absolute atomic E-state index is 13.9. The van der Waals surface area contributed by atoms with Crippen molar-refractivity contribution in [2.45, 2.75) is 45.8 Å². The van der Waals surface area contributed by atoms with Crippen molar-refractivity contribution in [2.75, 3.05) is 6.54 Å². The molecule has 26 heavy (non-hydrogen) atoms. The molecule has 5 nitrogen and oxygen atoms in total. The number of halogens is 2. The molecule has 1 fully saturated rings. The maximum Gasteiger partial charge on any atom is 0.492 e. The molecule has 1 amide bonds. The third kappa shape index (κ3) is 4.19. The van der Waals surface area contributed by atoms with Crippen LogP contribution >= 0.6 is 0 Å². The quantitative estimate of drug-likeness (QED) is 0.644. The van der Waals surface area contributed by atoms with Crippen LogP contribution in [0.1, 0.15) is 50.5 Å². The average Bonchev–Trinajstić information content (AvgIpc) is 2.71. The minimum absolute atomic E-state index is 0.0881. The fourth-order valence-corrected chi connectivity index (χ4v) is 2.44. The molecule has 0 unspecified atom stereocenters. The summed E-state index contributed by atoms with van der Waals surface area (Å²) in [6, 6.07) is 2.09. The second kappa shape index (κ2) is 7.29. The highest BCUT2D eigenvalue weighted by molar-refractivity contribution is 6.56. The van der Waals surface area contributed by atoms with Crippen molar-refractivity contribution in [1.29, 1.82) is 0 Å². The Morgan fingerprint density at radius 3 is 2.08 bits per heavy atom. The summed E-state index contributed by atoms with van der Waals surface area (Å²) in [5.41, 5.74) is -1.14. The lowest BCUT2D eigenvalue weighted by Crippen LogP contribution is -2.41. The van der Waals surface area contributed by atoms with Crippen LogP contribution in [0.5, 0.6) is 0 Å². The van der Waals surface area contributed by atoms with Gasteiger partial charge in [0.05, 0.1) is 16.8 Å². The molecule has 0 spiro atoms. The van der Waals surface area contributed by atoms with Gasteiger partial charge in [-0.1, -0.05) is 6.08 Å². The molecule has 1 heterocycles. The summed E-state index contributed by atoms with van der Waals surface area (Å²) in [5, 5.41) is 2.64. The van der Waals surface area contributed by atoms with Crippen molar-refractivity contribution in [3.8, 4) is 0 Å². The summed E-state index contributed by atoms with van der Waals surface area (Å²) in [6.45, 7) is 8.95. The van der Waals surface area contributed by atoms with Crippen molar-refractivity contribution < 1.29 is 27.7 Å². The summed E-state index contributed by atoms with van der Waals surface area (Å²) in [6.07, 6.45) is 1.61. The lowest BCUT2D eigenvalue weighted by atomic mass is 9.77. The van der Waals surface area contributed by atoms with Crippen molar-refractivity contribution in [3.05, 3.63) is 40.4 Å². The summed E-state index contributed by atoms with van der Waals surface area (Å²) >= 11 is 0. The van der Waals surface area contributed by atoms with Crippen molar-refractivity contribution in [1.82, 2.24) is 5.32 Å². The molecule has 0 radical (unpaired) electrons. The highest BCUT2D eigenvalue weighted by Gasteiger charge is 2.52. The second-order valence-electron chi connectivity index (χ2n) is 7.23. The average molecular weight is 365 g/mol. The zero-order valence-electron chi connectivity index (χ0n) is 15.5. The normalized spacial score (nSPS) is 18.7. The first-order chi connectivity index (χ1) is 12.0. The van der Waals surface area contributed by atoms with E-state index in [1.165, 1.54) is 13.0 Å². The Kier molecular flexibility index (Phi) is 5.68. The summed E-state index contributed by atoms with van der Waals surface area (Å²) < 4.78 is 39.6. The van der Waals surface area contributed by atoms with Gasteiger partial charge < -0.3 is 14.6 Å². The Bertz CT molecular complexity index is 723. The van der Waals surface area contributed by atoms with Gasteiger partial charge in [0.15, 0.2) is 6.29 Å². The molecule has 8 heteroatoms. The van der Waals surface area contributed by atoms with Gasteiger partial charge in [-0.05, 0) is 50.9 Å². The fourth-order valence-electron chi connectivity index (χ4n) is 2.44. The summed E-state index contributed by atoms with van der Waals surface area (Å²) in [7, 11) is -0.788. The Morgan fingerprint density at radius 1 is 1.15 bits per heavy atom. The Labute approximate surface area is 151 Å². The molecule has 1 aliphatic rings. The van der Waals surface area contributed by atoms with E-state index >= 15 is 0 Å². The molecule has 0 atom stereocenters. The number of aldehydes is 1. The minimum atomic E-state index is -0.959. The van der Waals surface area contributed by atoms with Crippen LogP contribution in [0.3, 0.4) is 0 Å². The Morgan fingerprint density at radius 2 is 1.65 bits per heavy atom. The van der Waals surface area contributed by atoms with Gasteiger partial charge in [0.2, 0.25) is 5.91 Å². The van der Waals surface area contributed by atoms with Gasteiger partial charge in [-0.3, -0.25) is 9.59 Å². The molecule has 0 saturated carbocycles. The number of hydrogen-bond donors (Lipinski definition) is 1. The first-order valence-corrected chi connectivity index (χ1v) is 8.21. The molecule has 0 aromatic heterocycles. The number of amides is 1. The van der Waals surface area contributed by atoms with Gasteiger partial charge in [-0.15, -0.1) is 0 Å². The van der Waals surface area contributed by atoms with Crippen LogP contribution in [0.2, 0.25) is 0 Å². The molecule has 1 aliphatic heterocycles. The van der Waals surface area contributed by atoms with E-state index in [2.05, 4.69) is 5.32 Å². The number of carbonyl (C=O) groups excluding carboxylic acids is 2. The smallest absolute Gasteiger partial charge is 0.400 e. The van der Waals surface area contributed by atoms with Gasteiger partial charge in [-0.2, -0.15) is 0 Å². The maximum atomic E-state index is 13.9. The van der Waals surface area contributed by atoms with Crippen LogP contribution in [-0.4, -0.2) is 37.1 Å². The number of carbonyl (C=O) groups is 2. The third-order valence-electron chi connectivity index (χ3n) is 4.67. The lowest BCUT2D eigenvalue weighted by Gasteiger charge is -2.32. The largest absolute Gasteiger partial charge is 0.492 e. The highest BCUT2D eigenvalue weighted by Crippen LogP contribution is 2.38. The van der Waals surface area contributed by atoms with E-state index in [-0.39, 0.29) is 24.3 Å². The number of hydrogen-bond acceptors (Lipinski definition) is 4. The van der Waals surface area contributed by atoms with E-state index in [1.807, 2.05) is 27.7 Å². The first kappa shape index (κ1) is 20.3. The van der Waals surface area contributed by atoms with Crippen LogP contribution in [0, 0.1) is 11.6 Å². The van der Waals surface area contributed by atoms with Gasteiger partial charge in [0.1, 0.15) is 11.6 Å². The molecule has 0 bridgehead atoms. The monoisotopic (exact) mass is 365 g/mol. The molecular formula is C18H22BF2NO4. The Hall–Kier alpha value is -2.06. The lowest BCUT2D eigenvalue weighted by molar-refractivity contribution is -0.118. The molecule has 1 aromatic rings. The van der Waals surface area contributed by atoms with Gasteiger partial charge in [0, 0.05) is 13.5 Å².